The SMILES string of the molecule is O=C(CSc1nccc(C(F)(F)F)n1)NC1(c2ccc3c(c2)OCCO3)CCCC1. The van der Waals surface area contributed by atoms with Crippen LogP contribution in [0.25, 0.3) is 0 Å². The molecule has 1 saturated carbocycles. The Balaban J connectivity index is 1.45. The van der Waals surface area contributed by atoms with Crippen molar-refractivity contribution in [1.29, 1.82) is 0 Å². The van der Waals surface area contributed by atoms with Gasteiger partial charge in [0.2, 0.25) is 5.91 Å². The highest BCUT2D eigenvalue weighted by Crippen LogP contribution is 2.42. The van der Waals surface area contributed by atoms with Crippen molar-refractivity contribution < 1.29 is 27.4 Å². The largest absolute Gasteiger partial charge is 0.486 e. The summed E-state index contributed by atoms with van der Waals surface area (Å²) in [6, 6.07) is 6.49. The molecule has 2 aliphatic rings. The summed E-state index contributed by atoms with van der Waals surface area (Å²) >= 11 is 0.880. The van der Waals surface area contributed by atoms with Crippen molar-refractivity contribution in [2.75, 3.05) is 19.0 Å². The lowest BCUT2D eigenvalue weighted by Gasteiger charge is -2.32. The number of nitrogens with one attached hydrogen (secondary N) is 1. The van der Waals surface area contributed by atoms with Crippen molar-refractivity contribution in [3.05, 3.63) is 41.7 Å². The number of ether oxygens (including phenoxy) is 2. The molecule has 1 amide bonds. The Bertz CT molecular complexity index is 933. The second kappa shape index (κ2) is 8.33. The molecule has 1 aromatic carbocycles. The van der Waals surface area contributed by atoms with Crippen LogP contribution in [0, 0.1) is 0 Å². The maximum absolute atomic E-state index is 12.8. The summed E-state index contributed by atoms with van der Waals surface area (Å²) in [6.45, 7) is 0.979. The summed E-state index contributed by atoms with van der Waals surface area (Å²) < 4.78 is 49.6. The highest BCUT2D eigenvalue weighted by atomic mass is 32.2. The van der Waals surface area contributed by atoms with Gasteiger partial charge in [-0.25, -0.2) is 9.97 Å². The Morgan fingerprint density at radius 2 is 1.87 bits per heavy atom. The molecule has 0 saturated heterocycles. The lowest BCUT2D eigenvalue weighted by molar-refractivity contribution is -0.141. The van der Waals surface area contributed by atoms with Crippen molar-refractivity contribution in [2.24, 2.45) is 0 Å². The number of nitrogens with zero attached hydrogens (tertiary/aromatic N) is 2. The molecule has 10 heteroatoms. The number of alkyl halides is 3. The summed E-state index contributed by atoms with van der Waals surface area (Å²) in [5.41, 5.74) is -0.607. The van der Waals surface area contributed by atoms with E-state index < -0.39 is 17.4 Å². The van der Waals surface area contributed by atoms with Gasteiger partial charge in [0, 0.05) is 6.20 Å². The van der Waals surface area contributed by atoms with Gasteiger partial charge in [-0.1, -0.05) is 30.7 Å². The second-order valence-corrected chi connectivity index (χ2v) is 8.15. The normalized spacial score (nSPS) is 17.6. The van der Waals surface area contributed by atoms with Crippen LogP contribution >= 0.6 is 11.8 Å². The first-order chi connectivity index (χ1) is 14.4. The monoisotopic (exact) mass is 439 g/mol. The van der Waals surface area contributed by atoms with E-state index in [1.54, 1.807) is 0 Å². The number of benzene rings is 1. The number of thioether (sulfide) groups is 1. The number of hydrogen-bond donors (Lipinski definition) is 1. The number of rotatable bonds is 5. The van der Waals surface area contributed by atoms with Crippen molar-refractivity contribution in [1.82, 2.24) is 15.3 Å². The molecular formula is C20H20F3N3O3S. The zero-order valence-electron chi connectivity index (χ0n) is 16.0. The molecule has 1 fully saturated rings. The van der Waals surface area contributed by atoms with Gasteiger partial charge in [-0.15, -0.1) is 0 Å². The molecule has 1 aromatic heterocycles. The van der Waals surface area contributed by atoms with Crippen molar-refractivity contribution in [2.45, 2.75) is 42.6 Å². The maximum atomic E-state index is 12.8. The lowest BCUT2D eigenvalue weighted by Crippen LogP contribution is -2.44. The molecular weight excluding hydrogens is 419 g/mol. The molecule has 160 valence electrons. The number of amides is 1. The van der Waals surface area contributed by atoms with Crippen LogP contribution in [-0.2, 0) is 16.5 Å². The van der Waals surface area contributed by atoms with Crippen LogP contribution in [0.1, 0.15) is 36.9 Å². The van der Waals surface area contributed by atoms with Gasteiger partial charge in [0.25, 0.3) is 0 Å². The lowest BCUT2D eigenvalue weighted by atomic mass is 9.87. The van der Waals surface area contributed by atoms with E-state index in [1.807, 2.05) is 18.2 Å². The van der Waals surface area contributed by atoms with Gasteiger partial charge in [0.15, 0.2) is 16.7 Å². The van der Waals surface area contributed by atoms with Crippen LogP contribution in [0.5, 0.6) is 11.5 Å². The number of aromatic nitrogens is 2. The van der Waals surface area contributed by atoms with E-state index in [9.17, 15) is 18.0 Å². The molecule has 1 aliphatic carbocycles. The second-order valence-electron chi connectivity index (χ2n) is 7.21. The van der Waals surface area contributed by atoms with Crippen LogP contribution < -0.4 is 14.8 Å². The molecule has 6 nitrogen and oxygen atoms in total. The number of halogens is 3. The number of fused-ring (bicyclic) bond motifs is 1. The first kappa shape index (κ1) is 20.8. The fraction of sp³-hybridized carbons (Fsp3) is 0.450. The van der Waals surface area contributed by atoms with Crippen LogP contribution in [0.15, 0.2) is 35.6 Å². The molecule has 0 atom stereocenters. The molecule has 30 heavy (non-hydrogen) atoms. The number of hydrogen-bond acceptors (Lipinski definition) is 6. The first-order valence-corrected chi connectivity index (χ1v) is 10.6. The quantitative estimate of drug-likeness (QED) is 0.562. The van der Waals surface area contributed by atoms with E-state index in [0.29, 0.717) is 24.7 Å². The predicted octanol–water partition coefficient (Wildman–Crippen LogP) is 3.94. The van der Waals surface area contributed by atoms with Crippen LogP contribution in [0.2, 0.25) is 0 Å². The van der Waals surface area contributed by atoms with Crippen molar-refractivity contribution >= 4 is 17.7 Å². The Morgan fingerprint density at radius 3 is 2.60 bits per heavy atom. The molecule has 0 unspecified atom stereocenters. The van der Waals surface area contributed by atoms with Gasteiger partial charge in [-0.3, -0.25) is 4.79 Å². The van der Waals surface area contributed by atoms with Gasteiger partial charge >= 0.3 is 6.18 Å². The third kappa shape index (κ3) is 4.48. The first-order valence-electron chi connectivity index (χ1n) is 9.60. The standard InChI is InChI=1S/C20H20F3N3O3S/c21-20(22,23)16-5-8-24-18(25-16)30-12-17(27)26-19(6-1-2-7-19)13-3-4-14-15(11-13)29-10-9-28-14/h3-5,8,11H,1-2,6-7,9-10,12H2,(H,26,27). The average molecular weight is 439 g/mol. The molecule has 2 aromatic rings. The summed E-state index contributed by atoms with van der Waals surface area (Å²) in [5, 5.41) is 3.01. The minimum Gasteiger partial charge on any atom is -0.486 e. The highest BCUT2D eigenvalue weighted by Gasteiger charge is 2.38. The molecule has 2 heterocycles. The molecule has 4 rings (SSSR count). The fourth-order valence-corrected chi connectivity index (χ4v) is 4.44. The molecule has 1 N–H and O–H groups in total. The van der Waals surface area contributed by atoms with E-state index in [4.69, 9.17) is 9.47 Å². The molecule has 0 spiro atoms. The maximum Gasteiger partial charge on any atom is 0.433 e. The van der Waals surface area contributed by atoms with E-state index in [1.165, 1.54) is 0 Å². The third-order valence-corrected chi connectivity index (χ3v) is 6.05. The van der Waals surface area contributed by atoms with Gasteiger partial charge in [0.1, 0.15) is 18.9 Å². The summed E-state index contributed by atoms with van der Waals surface area (Å²) in [5.74, 6) is 0.985. The minimum atomic E-state index is -4.55. The van der Waals surface area contributed by atoms with Crippen LogP contribution in [0.4, 0.5) is 13.2 Å². The number of carbonyl (C=O) groups is 1. The van der Waals surface area contributed by atoms with Crippen LogP contribution in [0.3, 0.4) is 0 Å². The fourth-order valence-electron chi connectivity index (χ4n) is 3.81. The minimum absolute atomic E-state index is 0.0758. The topological polar surface area (TPSA) is 73.3 Å². The summed E-state index contributed by atoms with van der Waals surface area (Å²) in [4.78, 5) is 20.0. The summed E-state index contributed by atoms with van der Waals surface area (Å²) in [6.07, 6.45) is -0.000214. The van der Waals surface area contributed by atoms with E-state index in [0.717, 1.165) is 55.3 Å². The van der Waals surface area contributed by atoms with E-state index in [2.05, 4.69) is 15.3 Å². The van der Waals surface area contributed by atoms with Gasteiger partial charge in [-0.2, -0.15) is 13.2 Å². The molecule has 1 aliphatic heterocycles. The Labute approximate surface area is 175 Å². The Hall–Kier alpha value is -2.49. The zero-order chi connectivity index (χ0) is 21.2. The summed E-state index contributed by atoms with van der Waals surface area (Å²) in [7, 11) is 0. The van der Waals surface area contributed by atoms with Gasteiger partial charge < -0.3 is 14.8 Å². The molecule has 0 radical (unpaired) electrons. The van der Waals surface area contributed by atoms with Gasteiger partial charge in [-0.05, 0) is 36.6 Å². The van der Waals surface area contributed by atoms with Gasteiger partial charge in [0.05, 0.1) is 11.3 Å². The number of carbonyl (C=O) groups excluding carboxylic acids is 1. The van der Waals surface area contributed by atoms with Crippen molar-refractivity contribution in [3.63, 3.8) is 0 Å². The van der Waals surface area contributed by atoms with E-state index in [-0.39, 0.29) is 16.8 Å². The average Bonchev–Trinajstić information content (AvgIpc) is 3.21. The highest BCUT2D eigenvalue weighted by molar-refractivity contribution is 7.99. The Morgan fingerprint density at radius 1 is 1.13 bits per heavy atom. The molecule has 0 bridgehead atoms. The van der Waals surface area contributed by atoms with Crippen molar-refractivity contribution in [3.8, 4) is 11.5 Å². The predicted molar refractivity (Wildman–Crippen MR) is 103 cm³/mol. The van der Waals surface area contributed by atoms with E-state index >= 15 is 0 Å². The zero-order valence-corrected chi connectivity index (χ0v) is 16.8. The van der Waals surface area contributed by atoms with Crippen LogP contribution in [-0.4, -0.2) is 34.8 Å². The smallest absolute Gasteiger partial charge is 0.433 e. The Kier molecular flexibility index (Phi) is 5.77. The third-order valence-electron chi connectivity index (χ3n) is 5.19.